The molecule has 3 heteroatoms. The van der Waals surface area contributed by atoms with Crippen LogP contribution >= 0.6 is 0 Å². The highest BCUT2D eigenvalue weighted by Gasteiger charge is 2.06. The number of likely N-dealkylation sites (N-methyl/N-ethyl adjacent to an activating group) is 1. The molecule has 0 N–H and O–H groups in total. The third-order valence-corrected chi connectivity index (χ3v) is 2.61. The van der Waals surface area contributed by atoms with Gasteiger partial charge in [-0.1, -0.05) is 44.2 Å². The summed E-state index contributed by atoms with van der Waals surface area (Å²) in [5, 5.41) is 0. The lowest BCUT2D eigenvalue weighted by molar-refractivity contribution is -0.144. The van der Waals surface area contributed by atoms with Crippen LogP contribution in [0.2, 0.25) is 0 Å². The highest BCUT2D eigenvalue weighted by atomic mass is 16.5. The van der Waals surface area contributed by atoms with Crippen LogP contribution in [0.15, 0.2) is 30.3 Å². The zero-order valence-electron chi connectivity index (χ0n) is 11.6. The first kappa shape index (κ1) is 14.7. The summed E-state index contributed by atoms with van der Waals surface area (Å²) in [5.41, 5.74) is 1.27. The number of hydrogen-bond acceptors (Lipinski definition) is 3. The molecule has 0 saturated heterocycles. The summed E-state index contributed by atoms with van der Waals surface area (Å²) in [6.07, 6.45) is 0.502. The van der Waals surface area contributed by atoms with Crippen molar-refractivity contribution >= 4 is 5.97 Å². The van der Waals surface area contributed by atoms with E-state index in [0.717, 1.165) is 13.1 Å². The van der Waals surface area contributed by atoms with Gasteiger partial charge in [0.15, 0.2) is 0 Å². The van der Waals surface area contributed by atoms with Gasteiger partial charge in [-0.05, 0) is 18.5 Å². The first-order chi connectivity index (χ1) is 8.58. The molecule has 0 saturated carbocycles. The predicted octanol–water partition coefficient (Wildman–Crippen LogP) is 2.71. The minimum atomic E-state index is -0.0990. The average molecular weight is 249 g/mol. The van der Waals surface area contributed by atoms with Crippen molar-refractivity contribution in [3.05, 3.63) is 35.9 Å². The van der Waals surface area contributed by atoms with Gasteiger partial charge in [0.25, 0.3) is 0 Å². The molecule has 0 aliphatic carbocycles. The Balaban J connectivity index is 2.18. The third kappa shape index (κ3) is 6.40. The first-order valence-corrected chi connectivity index (χ1v) is 6.46. The van der Waals surface area contributed by atoms with E-state index in [-0.39, 0.29) is 5.97 Å². The molecule has 100 valence electrons. The summed E-state index contributed by atoms with van der Waals surface area (Å²) >= 11 is 0. The Bertz CT molecular complexity index is 349. The van der Waals surface area contributed by atoms with Gasteiger partial charge in [-0.25, -0.2) is 0 Å². The van der Waals surface area contributed by atoms with Crippen molar-refractivity contribution in [3.63, 3.8) is 0 Å². The number of rotatable bonds is 7. The number of carbonyl (C=O) groups is 1. The van der Waals surface area contributed by atoms with Gasteiger partial charge in [-0.2, -0.15) is 0 Å². The second-order valence-corrected chi connectivity index (χ2v) is 5.04. The van der Waals surface area contributed by atoms with Crippen LogP contribution in [-0.4, -0.2) is 31.1 Å². The maximum atomic E-state index is 11.4. The monoisotopic (exact) mass is 249 g/mol. The van der Waals surface area contributed by atoms with Crippen LogP contribution in [0.25, 0.3) is 0 Å². The van der Waals surface area contributed by atoms with E-state index in [1.807, 2.05) is 39.1 Å². The summed E-state index contributed by atoms with van der Waals surface area (Å²) in [6, 6.07) is 10.3. The lowest BCUT2D eigenvalue weighted by atomic mass is 10.1. The Morgan fingerprint density at radius 2 is 1.94 bits per heavy atom. The summed E-state index contributed by atoms with van der Waals surface area (Å²) in [4.78, 5) is 13.5. The molecule has 0 atom stereocenters. The molecule has 1 rings (SSSR count). The normalized spacial score (nSPS) is 10.9. The molecule has 0 fully saturated rings. The Hall–Kier alpha value is -1.35. The zero-order valence-corrected chi connectivity index (χ0v) is 11.6. The fourth-order valence-corrected chi connectivity index (χ4v) is 1.68. The van der Waals surface area contributed by atoms with Crippen molar-refractivity contribution in [2.75, 3.05) is 20.2 Å². The molecule has 0 spiro atoms. The molecule has 0 bridgehead atoms. The van der Waals surface area contributed by atoms with Crippen LogP contribution in [-0.2, 0) is 16.1 Å². The van der Waals surface area contributed by atoms with Gasteiger partial charge in [0, 0.05) is 19.5 Å². The molecule has 0 amide bonds. The molecule has 3 nitrogen and oxygen atoms in total. The molecule has 0 unspecified atom stereocenters. The second kappa shape index (κ2) is 7.88. The van der Waals surface area contributed by atoms with Gasteiger partial charge in [0.2, 0.25) is 0 Å². The van der Waals surface area contributed by atoms with Crippen molar-refractivity contribution in [2.24, 2.45) is 5.92 Å². The van der Waals surface area contributed by atoms with Gasteiger partial charge in [0.05, 0.1) is 0 Å². The Morgan fingerprint density at radius 1 is 1.28 bits per heavy atom. The lowest BCUT2D eigenvalue weighted by Crippen LogP contribution is -2.24. The number of nitrogens with zero attached hydrogens (tertiary/aromatic N) is 1. The van der Waals surface area contributed by atoms with Crippen LogP contribution in [0.4, 0.5) is 0 Å². The average Bonchev–Trinajstić information content (AvgIpc) is 2.29. The molecule has 1 aromatic rings. The Labute approximate surface area is 110 Å². The van der Waals surface area contributed by atoms with Gasteiger partial charge in [-0.15, -0.1) is 0 Å². The highest BCUT2D eigenvalue weighted by molar-refractivity contribution is 5.69. The number of esters is 1. The molecule has 18 heavy (non-hydrogen) atoms. The number of ether oxygens (including phenoxy) is 1. The number of carbonyl (C=O) groups excluding carboxylic acids is 1. The molecule has 0 aromatic heterocycles. The highest BCUT2D eigenvalue weighted by Crippen LogP contribution is 2.03. The quantitative estimate of drug-likeness (QED) is 0.696. The van der Waals surface area contributed by atoms with E-state index >= 15 is 0 Å². The van der Waals surface area contributed by atoms with E-state index in [2.05, 4.69) is 17.0 Å². The van der Waals surface area contributed by atoms with E-state index < -0.39 is 0 Å². The fraction of sp³-hybridized carbons (Fsp3) is 0.533. The SMILES string of the molecule is CC(C)CC(=O)OCCN(C)Cc1ccccc1. The summed E-state index contributed by atoms with van der Waals surface area (Å²) in [5.74, 6) is 0.262. The van der Waals surface area contributed by atoms with Crippen LogP contribution < -0.4 is 0 Å². The number of hydrogen-bond donors (Lipinski definition) is 0. The van der Waals surface area contributed by atoms with Crippen molar-refractivity contribution in [2.45, 2.75) is 26.8 Å². The second-order valence-electron chi connectivity index (χ2n) is 5.04. The van der Waals surface area contributed by atoms with Gasteiger partial charge < -0.3 is 4.74 Å². The summed E-state index contributed by atoms with van der Waals surface area (Å²) < 4.78 is 5.18. The lowest BCUT2D eigenvalue weighted by Gasteiger charge is -2.16. The largest absolute Gasteiger partial charge is 0.464 e. The maximum Gasteiger partial charge on any atom is 0.306 e. The van der Waals surface area contributed by atoms with Crippen LogP contribution in [0, 0.1) is 5.92 Å². The maximum absolute atomic E-state index is 11.4. The summed E-state index contributed by atoms with van der Waals surface area (Å²) in [7, 11) is 2.03. The molecular weight excluding hydrogens is 226 g/mol. The molecule has 0 radical (unpaired) electrons. The molecule has 0 aliphatic rings. The summed E-state index contributed by atoms with van der Waals surface area (Å²) in [6.45, 7) is 6.14. The molecule has 0 heterocycles. The van der Waals surface area contributed by atoms with E-state index in [0.29, 0.717) is 18.9 Å². The van der Waals surface area contributed by atoms with E-state index in [9.17, 15) is 4.79 Å². The molecule has 0 aliphatic heterocycles. The van der Waals surface area contributed by atoms with Crippen LogP contribution in [0.3, 0.4) is 0 Å². The Kier molecular flexibility index (Phi) is 6.44. The smallest absolute Gasteiger partial charge is 0.306 e. The molecule has 1 aromatic carbocycles. The topological polar surface area (TPSA) is 29.5 Å². The standard InChI is InChI=1S/C15H23NO2/c1-13(2)11-15(17)18-10-9-16(3)12-14-7-5-4-6-8-14/h4-8,13H,9-12H2,1-3H3. The Morgan fingerprint density at radius 3 is 2.56 bits per heavy atom. The van der Waals surface area contributed by atoms with Crippen LogP contribution in [0.5, 0.6) is 0 Å². The van der Waals surface area contributed by atoms with Gasteiger partial charge >= 0.3 is 5.97 Å². The fourth-order valence-electron chi connectivity index (χ4n) is 1.68. The number of benzene rings is 1. The zero-order chi connectivity index (χ0) is 13.4. The van der Waals surface area contributed by atoms with E-state index in [4.69, 9.17) is 4.74 Å². The van der Waals surface area contributed by atoms with E-state index in [1.165, 1.54) is 5.56 Å². The minimum Gasteiger partial charge on any atom is -0.464 e. The minimum absolute atomic E-state index is 0.0990. The van der Waals surface area contributed by atoms with Crippen molar-refractivity contribution in [1.82, 2.24) is 4.90 Å². The van der Waals surface area contributed by atoms with Crippen molar-refractivity contribution in [3.8, 4) is 0 Å². The van der Waals surface area contributed by atoms with Crippen LogP contribution in [0.1, 0.15) is 25.8 Å². The predicted molar refractivity (Wildman–Crippen MR) is 73.2 cm³/mol. The first-order valence-electron chi connectivity index (χ1n) is 6.46. The van der Waals surface area contributed by atoms with Gasteiger partial charge in [0.1, 0.15) is 6.61 Å². The van der Waals surface area contributed by atoms with Crippen molar-refractivity contribution in [1.29, 1.82) is 0 Å². The van der Waals surface area contributed by atoms with Crippen molar-refractivity contribution < 1.29 is 9.53 Å². The van der Waals surface area contributed by atoms with Gasteiger partial charge in [-0.3, -0.25) is 9.69 Å². The third-order valence-electron chi connectivity index (χ3n) is 2.61. The van der Waals surface area contributed by atoms with E-state index in [1.54, 1.807) is 0 Å². The molecular formula is C15H23NO2.